The number of esters is 1. The Balaban J connectivity index is 2.38. The standard InChI is InChI=1S/C10H11N3O4/c1-11-8(15)12-6-3-4-10(5-6,7(14)17-2)13(12)9(11)16/h3-4,6H,5H2,1-2H3/t6-,10+/m0/s1. The highest BCUT2D eigenvalue weighted by atomic mass is 16.5. The highest BCUT2D eigenvalue weighted by molar-refractivity contribution is 5.82. The summed E-state index contributed by atoms with van der Waals surface area (Å²) in [6.07, 6.45) is 3.78. The fourth-order valence-corrected chi connectivity index (χ4v) is 2.67. The molecule has 0 N–H and O–H groups in total. The minimum absolute atomic E-state index is 0.240. The number of carbonyl (C=O) groups excluding carboxylic acids is 1. The lowest BCUT2D eigenvalue weighted by Crippen LogP contribution is -2.45. The average molecular weight is 237 g/mol. The molecule has 2 heterocycles. The predicted octanol–water partition coefficient (Wildman–Crippen LogP) is -1.27. The summed E-state index contributed by atoms with van der Waals surface area (Å²) < 4.78 is 8.26. The van der Waals surface area contributed by atoms with Crippen molar-refractivity contribution in [3.63, 3.8) is 0 Å². The normalized spacial score (nSPS) is 28.5. The lowest BCUT2D eigenvalue weighted by Gasteiger charge is -2.21. The van der Waals surface area contributed by atoms with Gasteiger partial charge in [0.1, 0.15) is 0 Å². The van der Waals surface area contributed by atoms with Crippen LogP contribution in [-0.2, 0) is 22.1 Å². The summed E-state index contributed by atoms with van der Waals surface area (Å²) in [4.78, 5) is 35.7. The molecule has 90 valence electrons. The molecule has 7 nitrogen and oxygen atoms in total. The van der Waals surface area contributed by atoms with E-state index in [-0.39, 0.29) is 6.04 Å². The summed E-state index contributed by atoms with van der Waals surface area (Å²) in [5.41, 5.74) is -2.04. The fraction of sp³-hybridized carbons (Fsp3) is 0.500. The van der Waals surface area contributed by atoms with Crippen LogP contribution in [0.2, 0.25) is 0 Å². The highest BCUT2D eigenvalue weighted by Gasteiger charge is 2.54. The first kappa shape index (κ1) is 10.1. The first-order valence-electron chi connectivity index (χ1n) is 5.22. The molecule has 1 aromatic rings. The third-order valence-electron chi connectivity index (χ3n) is 3.51. The average Bonchev–Trinajstić information content (AvgIpc) is 2.96. The molecular weight excluding hydrogens is 226 g/mol. The molecule has 1 aliphatic carbocycles. The predicted molar refractivity (Wildman–Crippen MR) is 56.7 cm³/mol. The number of aromatic nitrogens is 3. The van der Waals surface area contributed by atoms with Crippen LogP contribution in [0.15, 0.2) is 21.7 Å². The van der Waals surface area contributed by atoms with E-state index in [9.17, 15) is 14.4 Å². The summed E-state index contributed by atoms with van der Waals surface area (Å²) in [7, 11) is 2.67. The number of allylic oxidation sites excluding steroid dienone is 1. The van der Waals surface area contributed by atoms with Gasteiger partial charge in [0.05, 0.1) is 13.2 Å². The Kier molecular flexibility index (Phi) is 1.66. The largest absolute Gasteiger partial charge is 0.467 e. The first-order valence-corrected chi connectivity index (χ1v) is 5.22. The molecule has 0 amide bonds. The second-order valence-electron chi connectivity index (χ2n) is 4.33. The number of rotatable bonds is 1. The molecule has 0 spiro atoms. The number of carbonyl (C=O) groups is 1. The molecule has 7 heteroatoms. The number of nitrogens with zero attached hydrogens (tertiary/aromatic N) is 3. The Morgan fingerprint density at radius 1 is 1.47 bits per heavy atom. The van der Waals surface area contributed by atoms with E-state index < -0.39 is 22.9 Å². The van der Waals surface area contributed by atoms with E-state index in [1.165, 1.54) is 23.5 Å². The second-order valence-corrected chi connectivity index (χ2v) is 4.33. The van der Waals surface area contributed by atoms with Gasteiger partial charge in [-0.05, 0) is 6.08 Å². The maximum atomic E-state index is 12.0. The Morgan fingerprint density at radius 2 is 2.18 bits per heavy atom. The molecule has 0 radical (unpaired) electrons. The summed E-state index contributed by atoms with van der Waals surface area (Å²) >= 11 is 0. The molecule has 0 saturated heterocycles. The second kappa shape index (κ2) is 2.79. The third-order valence-corrected chi connectivity index (χ3v) is 3.51. The van der Waals surface area contributed by atoms with Crippen LogP contribution < -0.4 is 11.4 Å². The van der Waals surface area contributed by atoms with E-state index >= 15 is 0 Å². The van der Waals surface area contributed by atoms with E-state index in [1.54, 1.807) is 12.2 Å². The molecule has 0 saturated carbocycles. The van der Waals surface area contributed by atoms with Gasteiger partial charge in [-0.1, -0.05) is 6.08 Å². The molecule has 2 aliphatic rings. The fourth-order valence-electron chi connectivity index (χ4n) is 2.67. The van der Waals surface area contributed by atoms with Gasteiger partial charge in [0.25, 0.3) is 0 Å². The summed E-state index contributed by atoms with van der Waals surface area (Å²) in [6, 6.07) is -0.240. The number of fused-ring (bicyclic) bond motifs is 5. The molecule has 2 atom stereocenters. The van der Waals surface area contributed by atoms with Crippen molar-refractivity contribution < 1.29 is 9.53 Å². The van der Waals surface area contributed by atoms with Gasteiger partial charge in [-0.3, -0.25) is 0 Å². The van der Waals surface area contributed by atoms with Gasteiger partial charge in [0, 0.05) is 13.5 Å². The topological polar surface area (TPSA) is 75.2 Å². The molecule has 0 fully saturated rings. The van der Waals surface area contributed by atoms with E-state index in [2.05, 4.69) is 0 Å². The van der Waals surface area contributed by atoms with Gasteiger partial charge < -0.3 is 4.74 Å². The van der Waals surface area contributed by atoms with Gasteiger partial charge >= 0.3 is 17.3 Å². The van der Waals surface area contributed by atoms with Crippen molar-refractivity contribution in [3.8, 4) is 0 Å². The van der Waals surface area contributed by atoms with Gasteiger partial charge in [-0.15, -0.1) is 0 Å². The molecule has 1 aromatic heterocycles. The van der Waals surface area contributed by atoms with Crippen LogP contribution in [0.25, 0.3) is 0 Å². The van der Waals surface area contributed by atoms with Crippen LogP contribution >= 0.6 is 0 Å². The minimum atomic E-state index is -1.14. The first-order chi connectivity index (χ1) is 8.03. The lowest BCUT2D eigenvalue weighted by molar-refractivity contribution is -0.148. The molecule has 2 bridgehead atoms. The number of ether oxygens (including phenoxy) is 1. The van der Waals surface area contributed by atoms with Crippen molar-refractivity contribution in [1.29, 1.82) is 0 Å². The van der Waals surface area contributed by atoms with Gasteiger partial charge in [-0.2, -0.15) is 0 Å². The van der Waals surface area contributed by atoms with Crippen molar-refractivity contribution >= 4 is 5.97 Å². The van der Waals surface area contributed by atoms with E-state index in [0.717, 1.165) is 4.57 Å². The van der Waals surface area contributed by atoms with Crippen molar-refractivity contribution in [2.45, 2.75) is 18.0 Å². The zero-order valence-electron chi connectivity index (χ0n) is 9.41. The maximum absolute atomic E-state index is 12.0. The molecule has 17 heavy (non-hydrogen) atoms. The Bertz CT molecular complexity index is 662. The Morgan fingerprint density at radius 3 is 2.82 bits per heavy atom. The third kappa shape index (κ3) is 0.904. The molecule has 1 aliphatic heterocycles. The molecule has 3 rings (SSSR count). The lowest BCUT2D eigenvalue weighted by atomic mass is 10.0. The smallest absolute Gasteiger partial charge is 0.348 e. The highest BCUT2D eigenvalue weighted by Crippen LogP contribution is 2.42. The molecule has 0 aromatic carbocycles. The van der Waals surface area contributed by atoms with Gasteiger partial charge in [0.15, 0.2) is 5.54 Å². The number of hydrogen-bond donors (Lipinski definition) is 0. The van der Waals surface area contributed by atoms with Crippen LogP contribution in [0, 0.1) is 0 Å². The number of methoxy groups -OCH3 is 1. The molecule has 0 unspecified atom stereocenters. The quantitative estimate of drug-likeness (QED) is 0.451. The minimum Gasteiger partial charge on any atom is -0.467 e. The monoisotopic (exact) mass is 237 g/mol. The summed E-state index contributed by atoms with van der Waals surface area (Å²) in [5.74, 6) is -0.518. The van der Waals surface area contributed by atoms with Crippen LogP contribution in [0.4, 0.5) is 0 Å². The van der Waals surface area contributed by atoms with E-state index in [0.29, 0.717) is 6.42 Å². The zero-order chi connectivity index (χ0) is 12.4. The Hall–Kier alpha value is -2.05. The Labute approximate surface area is 95.5 Å². The SMILES string of the molecule is COC(=O)[C@@]12C=C[C@@H](C1)n1c(=O)n(C)c(=O)n12. The summed E-state index contributed by atoms with van der Waals surface area (Å²) in [6.45, 7) is 0. The van der Waals surface area contributed by atoms with Crippen molar-refractivity contribution in [2.24, 2.45) is 7.05 Å². The van der Waals surface area contributed by atoms with Crippen molar-refractivity contribution in [1.82, 2.24) is 13.9 Å². The van der Waals surface area contributed by atoms with Crippen molar-refractivity contribution in [3.05, 3.63) is 33.1 Å². The van der Waals surface area contributed by atoms with Crippen LogP contribution in [0.3, 0.4) is 0 Å². The van der Waals surface area contributed by atoms with E-state index in [4.69, 9.17) is 4.74 Å². The van der Waals surface area contributed by atoms with Gasteiger partial charge in [0.2, 0.25) is 0 Å². The van der Waals surface area contributed by atoms with Crippen LogP contribution in [0.5, 0.6) is 0 Å². The van der Waals surface area contributed by atoms with Crippen molar-refractivity contribution in [2.75, 3.05) is 7.11 Å². The van der Waals surface area contributed by atoms with Gasteiger partial charge in [-0.25, -0.2) is 28.3 Å². The van der Waals surface area contributed by atoms with Crippen LogP contribution in [0.1, 0.15) is 12.5 Å². The molecular formula is C10H11N3O4. The number of hydrogen-bond acceptors (Lipinski definition) is 4. The maximum Gasteiger partial charge on any atom is 0.348 e. The zero-order valence-corrected chi connectivity index (χ0v) is 9.41. The summed E-state index contributed by atoms with van der Waals surface area (Å²) in [5, 5.41) is 0. The van der Waals surface area contributed by atoms with E-state index in [1.807, 2.05) is 0 Å². The van der Waals surface area contributed by atoms with Crippen LogP contribution in [-0.4, -0.2) is 27.0 Å².